The Kier molecular flexibility index (Phi) is 20.8. The molecular weight excluding hydrogens is 793 g/mol. The number of unbranched alkanes of at least 4 members (excludes halogenated alkanes) is 1. The van der Waals surface area contributed by atoms with Gasteiger partial charge in [0.15, 0.2) is 14.4 Å². The average Bonchev–Trinajstić information content (AvgIpc) is 3.23. The highest BCUT2D eigenvalue weighted by Crippen LogP contribution is 2.49. The molecular formula is C49H72O11Si. The first kappa shape index (κ1) is 51.5. The Morgan fingerprint density at radius 2 is 1.59 bits per heavy atom. The van der Waals surface area contributed by atoms with Gasteiger partial charge in [0.2, 0.25) is 5.79 Å². The van der Waals surface area contributed by atoms with E-state index in [0.717, 1.165) is 29.7 Å². The second-order valence-corrected chi connectivity index (χ2v) is 22.2. The van der Waals surface area contributed by atoms with Gasteiger partial charge in [-0.2, -0.15) is 0 Å². The van der Waals surface area contributed by atoms with Crippen molar-refractivity contribution in [1.29, 1.82) is 0 Å². The number of benzene rings is 2. The van der Waals surface area contributed by atoms with Gasteiger partial charge in [0, 0.05) is 31.1 Å². The van der Waals surface area contributed by atoms with E-state index in [2.05, 4.69) is 40.8 Å². The molecule has 61 heavy (non-hydrogen) atoms. The van der Waals surface area contributed by atoms with Crippen LogP contribution in [0.3, 0.4) is 0 Å². The Balaban J connectivity index is 2.04. The molecule has 5 atom stereocenters. The maximum absolute atomic E-state index is 13.6. The normalized spacial score (nSPS) is 20.7. The molecule has 0 saturated carbocycles. The lowest BCUT2D eigenvalue weighted by molar-refractivity contribution is -0.338. The van der Waals surface area contributed by atoms with Crippen LogP contribution in [0, 0.1) is 5.41 Å². The predicted molar refractivity (Wildman–Crippen MR) is 241 cm³/mol. The molecule has 1 aliphatic heterocycles. The lowest BCUT2D eigenvalue weighted by Gasteiger charge is -2.53. The Morgan fingerprint density at radius 3 is 2.21 bits per heavy atom. The summed E-state index contributed by atoms with van der Waals surface area (Å²) in [4.78, 5) is 26.6. The Morgan fingerprint density at radius 1 is 0.902 bits per heavy atom. The van der Waals surface area contributed by atoms with Crippen molar-refractivity contribution in [3.05, 3.63) is 114 Å². The summed E-state index contributed by atoms with van der Waals surface area (Å²) in [6.07, 6.45) is 11.7. The lowest BCUT2D eigenvalue weighted by atomic mass is 9.74. The average molecular weight is 865 g/mol. The van der Waals surface area contributed by atoms with Gasteiger partial charge >= 0.3 is 11.9 Å². The number of ether oxygens (including phenoxy) is 8. The van der Waals surface area contributed by atoms with E-state index >= 15 is 0 Å². The van der Waals surface area contributed by atoms with E-state index in [0.29, 0.717) is 25.2 Å². The number of methoxy groups -OCH3 is 3. The summed E-state index contributed by atoms with van der Waals surface area (Å²) in [5.41, 5.74) is 1.48. The van der Waals surface area contributed by atoms with Gasteiger partial charge in [0.25, 0.3) is 0 Å². The summed E-state index contributed by atoms with van der Waals surface area (Å²) in [6, 6.07) is 17.6. The molecule has 0 aromatic heterocycles. The molecule has 1 aliphatic rings. The minimum Gasteiger partial charge on any atom is -0.497 e. The fraction of sp³-hybridized carbons (Fsp3) is 0.551. The fourth-order valence-corrected chi connectivity index (χ4v) is 7.59. The molecule has 3 rings (SSSR count). The highest BCUT2D eigenvalue weighted by molar-refractivity contribution is 6.74. The number of carbonyl (C=O) groups excluding carboxylic acids is 2. The van der Waals surface area contributed by atoms with E-state index in [1.54, 1.807) is 13.2 Å². The van der Waals surface area contributed by atoms with E-state index in [1.165, 1.54) is 26.4 Å². The number of allylic oxidation sites excluding steroid dienone is 3. The second kappa shape index (κ2) is 24.7. The van der Waals surface area contributed by atoms with Crippen molar-refractivity contribution in [2.45, 2.75) is 136 Å². The second-order valence-electron chi connectivity index (χ2n) is 17.4. The molecule has 0 spiro atoms. The van der Waals surface area contributed by atoms with Crippen molar-refractivity contribution >= 4 is 20.3 Å². The summed E-state index contributed by atoms with van der Waals surface area (Å²) < 4.78 is 55.5. The van der Waals surface area contributed by atoms with Gasteiger partial charge < -0.3 is 42.3 Å². The van der Waals surface area contributed by atoms with Gasteiger partial charge in [-0.3, -0.25) is 0 Å². The van der Waals surface area contributed by atoms with Crippen molar-refractivity contribution in [2.75, 3.05) is 34.7 Å². The third kappa shape index (κ3) is 15.8. The first-order chi connectivity index (χ1) is 28.9. The molecule has 2 aromatic rings. The number of hydrogen-bond acceptors (Lipinski definition) is 11. The van der Waals surface area contributed by atoms with E-state index < -0.39 is 55.9 Å². The monoisotopic (exact) mass is 864 g/mol. The summed E-state index contributed by atoms with van der Waals surface area (Å²) in [5.74, 6) is -2.11. The van der Waals surface area contributed by atoms with E-state index in [4.69, 9.17) is 42.3 Å². The van der Waals surface area contributed by atoms with Crippen molar-refractivity contribution < 1.29 is 51.9 Å². The molecule has 1 saturated heterocycles. The minimum atomic E-state index is -2.06. The summed E-state index contributed by atoms with van der Waals surface area (Å²) in [5, 5.41) is 0.0246. The van der Waals surface area contributed by atoms with Crippen LogP contribution in [-0.4, -0.2) is 85.2 Å². The third-order valence-electron chi connectivity index (χ3n) is 11.4. The van der Waals surface area contributed by atoms with Crippen molar-refractivity contribution in [3.63, 3.8) is 0 Å². The molecule has 11 nitrogen and oxygen atoms in total. The predicted octanol–water partition coefficient (Wildman–Crippen LogP) is 10.2. The van der Waals surface area contributed by atoms with Crippen LogP contribution in [0.5, 0.6) is 5.75 Å². The van der Waals surface area contributed by atoms with E-state index in [9.17, 15) is 9.59 Å². The van der Waals surface area contributed by atoms with Gasteiger partial charge in [0.1, 0.15) is 12.5 Å². The molecule has 338 valence electrons. The van der Waals surface area contributed by atoms with Gasteiger partial charge in [-0.15, -0.1) is 0 Å². The van der Waals surface area contributed by atoms with Gasteiger partial charge in [-0.05, 0) is 66.7 Å². The van der Waals surface area contributed by atoms with Crippen LogP contribution < -0.4 is 4.74 Å². The first-order valence-corrected chi connectivity index (χ1v) is 24.2. The molecule has 0 bridgehead atoms. The SMILES string of the molecule is CCC/C=C/C=C/C(=O)O[C@H]1/C(=C/C(=O)OC)C[C@@H](C[C@@H](OCc2ccc(OC)cc2)[C@@H](C)OCOCc2ccccc2)O[C@@]1(OC)C(C)(C)/C=C/CO[Si](C)(C)C(C)(C)C. The zero-order valence-corrected chi connectivity index (χ0v) is 39.7. The number of rotatable bonds is 24. The van der Waals surface area contributed by atoms with Crippen LogP contribution in [-0.2, 0) is 60.4 Å². The maximum atomic E-state index is 13.6. The number of carbonyl (C=O) groups is 2. The van der Waals surface area contributed by atoms with Gasteiger partial charge in [-0.25, -0.2) is 9.59 Å². The molecule has 1 heterocycles. The molecule has 0 radical (unpaired) electrons. The van der Waals surface area contributed by atoms with Crippen LogP contribution in [0.25, 0.3) is 0 Å². The zero-order valence-electron chi connectivity index (χ0n) is 38.7. The standard InChI is InChI=1S/C49H72O11Si/c1-13-14-15-16-20-24-44(50)59-46-40(32-45(51)53-9)31-42(60-49(46,54-10)48(6,7)29-21-30-58-61(11,12)47(3,4)5)33-43(56-35-39-25-27-41(52-8)28-26-39)37(2)57-36-55-34-38-22-18-17-19-23-38/h15-29,32,37,42-43,46H,13-14,30-31,33-36H2,1-12H3/b16-15+,24-20+,29-21+,40-32+/t37-,42+,43-,46+,49-/m1/s1. The summed E-state index contributed by atoms with van der Waals surface area (Å²) in [6.45, 7) is 20.0. The van der Waals surface area contributed by atoms with Crippen LogP contribution in [0.1, 0.15) is 85.3 Å². The van der Waals surface area contributed by atoms with Gasteiger partial charge in [-0.1, -0.05) is 121 Å². The molecule has 0 unspecified atom stereocenters. The molecule has 12 heteroatoms. The number of hydrogen-bond donors (Lipinski definition) is 0. The van der Waals surface area contributed by atoms with Crippen molar-refractivity contribution in [1.82, 2.24) is 0 Å². The molecule has 2 aromatic carbocycles. The van der Waals surface area contributed by atoms with Crippen LogP contribution in [0.4, 0.5) is 0 Å². The van der Waals surface area contributed by atoms with Gasteiger partial charge in [0.05, 0.1) is 52.4 Å². The summed E-state index contributed by atoms with van der Waals surface area (Å²) in [7, 11) is 2.40. The quantitative estimate of drug-likeness (QED) is 0.0191. The zero-order chi connectivity index (χ0) is 45.1. The third-order valence-corrected chi connectivity index (χ3v) is 15.9. The van der Waals surface area contributed by atoms with Crippen molar-refractivity contribution in [2.24, 2.45) is 5.41 Å². The van der Waals surface area contributed by atoms with Crippen LogP contribution >= 0.6 is 0 Å². The van der Waals surface area contributed by atoms with E-state index in [-0.39, 0.29) is 24.9 Å². The summed E-state index contributed by atoms with van der Waals surface area (Å²) >= 11 is 0. The maximum Gasteiger partial charge on any atom is 0.331 e. The smallest absolute Gasteiger partial charge is 0.331 e. The topological polar surface area (TPSA) is 117 Å². The Bertz CT molecular complexity index is 1740. The lowest BCUT2D eigenvalue weighted by Crippen LogP contribution is -2.63. The highest BCUT2D eigenvalue weighted by Gasteiger charge is 2.59. The van der Waals surface area contributed by atoms with Crippen molar-refractivity contribution in [3.8, 4) is 5.75 Å². The van der Waals surface area contributed by atoms with Crippen LogP contribution in [0.15, 0.2) is 103 Å². The fourth-order valence-electron chi connectivity index (χ4n) is 6.64. The molecule has 0 amide bonds. The molecule has 0 N–H and O–H groups in total. The van der Waals surface area contributed by atoms with Crippen LogP contribution in [0.2, 0.25) is 18.1 Å². The minimum absolute atomic E-state index is 0.0246. The highest BCUT2D eigenvalue weighted by atomic mass is 28.4. The first-order valence-electron chi connectivity index (χ1n) is 21.3. The molecule has 1 fully saturated rings. The number of esters is 2. The molecule has 0 aliphatic carbocycles. The Hall–Kier alpha value is -3.88. The van der Waals surface area contributed by atoms with E-state index in [1.807, 2.05) is 99.7 Å². The Labute approximate surface area is 366 Å². The largest absolute Gasteiger partial charge is 0.497 e.